The first-order chi connectivity index (χ1) is 8.33. The Kier molecular flexibility index (Phi) is 5.59. The highest BCUT2D eigenvalue weighted by molar-refractivity contribution is 7.89. The van der Waals surface area contributed by atoms with E-state index in [-0.39, 0.29) is 4.90 Å². The third kappa shape index (κ3) is 4.57. The molecule has 0 aliphatic carbocycles. The van der Waals surface area contributed by atoms with Gasteiger partial charge in [-0.05, 0) is 30.7 Å². The second kappa shape index (κ2) is 6.52. The van der Waals surface area contributed by atoms with Crippen LogP contribution >= 0.6 is 11.6 Å². The number of aryl methyl sites for hydroxylation is 1. The largest absolute Gasteiger partial charge is 0.313 e. The van der Waals surface area contributed by atoms with E-state index in [4.69, 9.17) is 11.6 Å². The maximum atomic E-state index is 12.0. The average Bonchev–Trinajstić information content (AvgIpc) is 2.23. The number of sulfonamides is 1. The topological polar surface area (TPSA) is 58.2 Å². The molecule has 0 aromatic heterocycles. The monoisotopic (exact) mass is 290 g/mol. The smallest absolute Gasteiger partial charge is 0.240 e. The van der Waals surface area contributed by atoms with Gasteiger partial charge in [-0.1, -0.05) is 25.4 Å². The van der Waals surface area contributed by atoms with Gasteiger partial charge in [0, 0.05) is 24.2 Å². The number of hydrogen-bond donors (Lipinski definition) is 2. The van der Waals surface area contributed by atoms with E-state index < -0.39 is 10.0 Å². The minimum absolute atomic E-state index is 0.274. The molecular formula is C12H19ClN2O2S. The fraction of sp³-hybridized carbons (Fsp3) is 0.500. The summed E-state index contributed by atoms with van der Waals surface area (Å²) in [7, 11) is -3.45. The summed E-state index contributed by atoms with van der Waals surface area (Å²) in [5.74, 6) is 0. The molecule has 18 heavy (non-hydrogen) atoms. The zero-order chi connectivity index (χ0) is 13.8. The van der Waals surface area contributed by atoms with Crippen molar-refractivity contribution >= 4 is 21.6 Å². The first-order valence-corrected chi connectivity index (χ1v) is 7.68. The highest BCUT2D eigenvalue weighted by atomic mass is 35.5. The van der Waals surface area contributed by atoms with Crippen LogP contribution in [0, 0.1) is 6.92 Å². The van der Waals surface area contributed by atoms with Gasteiger partial charge in [0.15, 0.2) is 0 Å². The Hall–Kier alpha value is -0.620. The molecule has 0 unspecified atom stereocenters. The van der Waals surface area contributed by atoms with Gasteiger partial charge >= 0.3 is 0 Å². The lowest BCUT2D eigenvalue weighted by molar-refractivity contribution is 0.559. The van der Waals surface area contributed by atoms with Crippen molar-refractivity contribution in [2.75, 3.05) is 13.1 Å². The van der Waals surface area contributed by atoms with E-state index in [1.54, 1.807) is 19.1 Å². The molecule has 0 fully saturated rings. The van der Waals surface area contributed by atoms with Crippen molar-refractivity contribution in [1.82, 2.24) is 10.0 Å². The second-order valence-electron chi connectivity index (χ2n) is 4.42. The Balaban J connectivity index is 2.69. The van der Waals surface area contributed by atoms with Crippen LogP contribution in [0.1, 0.15) is 19.4 Å². The quantitative estimate of drug-likeness (QED) is 0.787. The minimum atomic E-state index is -3.45. The summed E-state index contributed by atoms with van der Waals surface area (Å²) in [5, 5.41) is 3.68. The summed E-state index contributed by atoms with van der Waals surface area (Å²) in [6.07, 6.45) is 0. The van der Waals surface area contributed by atoms with Gasteiger partial charge in [0.1, 0.15) is 0 Å². The van der Waals surface area contributed by atoms with Crippen LogP contribution in [0.2, 0.25) is 5.02 Å². The van der Waals surface area contributed by atoms with Crippen molar-refractivity contribution in [2.45, 2.75) is 31.7 Å². The normalized spacial score (nSPS) is 12.1. The van der Waals surface area contributed by atoms with Gasteiger partial charge in [0.25, 0.3) is 0 Å². The maximum absolute atomic E-state index is 12.0. The van der Waals surface area contributed by atoms with Gasteiger partial charge in [-0.25, -0.2) is 13.1 Å². The van der Waals surface area contributed by atoms with Crippen LogP contribution in [-0.2, 0) is 10.0 Å². The van der Waals surface area contributed by atoms with Gasteiger partial charge in [0.05, 0.1) is 4.90 Å². The van der Waals surface area contributed by atoms with E-state index in [0.29, 0.717) is 29.7 Å². The number of nitrogens with one attached hydrogen (secondary N) is 2. The zero-order valence-electron chi connectivity index (χ0n) is 10.8. The van der Waals surface area contributed by atoms with Crippen molar-refractivity contribution < 1.29 is 8.42 Å². The molecule has 0 aliphatic rings. The highest BCUT2D eigenvalue weighted by Gasteiger charge is 2.15. The Morgan fingerprint density at radius 1 is 1.28 bits per heavy atom. The SMILES string of the molecule is Cc1cc(Cl)ccc1S(=O)(=O)NCCNC(C)C. The number of rotatable bonds is 6. The molecule has 0 saturated carbocycles. The van der Waals surface area contributed by atoms with Crippen LogP contribution in [0.15, 0.2) is 23.1 Å². The lowest BCUT2D eigenvalue weighted by Crippen LogP contribution is -2.34. The fourth-order valence-corrected chi connectivity index (χ4v) is 3.02. The molecule has 0 saturated heterocycles. The van der Waals surface area contributed by atoms with Crippen LogP contribution in [0.3, 0.4) is 0 Å². The van der Waals surface area contributed by atoms with Gasteiger partial charge in [-0.2, -0.15) is 0 Å². The van der Waals surface area contributed by atoms with Crippen molar-refractivity contribution in [2.24, 2.45) is 0 Å². The number of halogens is 1. The van der Waals surface area contributed by atoms with E-state index in [0.717, 1.165) is 0 Å². The van der Waals surface area contributed by atoms with Crippen molar-refractivity contribution in [1.29, 1.82) is 0 Å². The zero-order valence-corrected chi connectivity index (χ0v) is 12.4. The van der Waals surface area contributed by atoms with E-state index in [1.807, 2.05) is 13.8 Å². The molecule has 1 rings (SSSR count). The van der Waals surface area contributed by atoms with Crippen molar-refractivity contribution in [3.05, 3.63) is 28.8 Å². The molecule has 1 aromatic rings. The van der Waals surface area contributed by atoms with Crippen LogP contribution < -0.4 is 10.0 Å². The van der Waals surface area contributed by atoms with Crippen molar-refractivity contribution in [3.63, 3.8) is 0 Å². The van der Waals surface area contributed by atoms with Crippen LogP contribution in [0.4, 0.5) is 0 Å². The van der Waals surface area contributed by atoms with Crippen molar-refractivity contribution in [3.8, 4) is 0 Å². The molecular weight excluding hydrogens is 272 g/mol. The second-order valence-corrected chi connectivity index (χ2v) is 6.59. The Morgan fingerprint density at radius 3 is 2.50 bits per heavy atom. The molecule has 0 spiro atoms. The molecule has 4 nitrogen and oxygen atoms in total. The fourth-order valence-electron chi connectivity index (χ4n) is 1.54. The molecule has 2 N–H and O–H groups in total. The number of benzene rings is 1. The van der Waals surface area contributed by atoms with Gasteiger partial charge in [0.2, 0.25) is 10.0 Å². The van der Waals surface area contributed by atoms with E-state index in [1.165, 1.54) is 6.07 Å². The molecule has 0 radical (unpaired) electrons. The van der Waals surface area contributed by atoms with E-state index >= 15 is 0 Å². The lowest BCUT2D eigenvalue weighted by atomic mass is 10.2. The van der Waals surface area contributed by atoms with Gasteiger partial charge < -0.3 is 5.32 Å². The highest BCUT2D eigenvalue weighted by Crippen LogP contribution is 2.19. The third-order valence-corrected chi connectivity index (χ3v) is 4.25. The summed E-state index contributed by atoms with van der Waals surface area (Å²) in [6, 6.07) is 5.08. The molecule has 102 valence electrons. The predicted octanol–water partition coefficient (Wildman–Crippen LogP) is 1.92. The Bertz CT molecular complexity index is 501. The molecule has 0 bridgehead atoms. The first kappa shape index (κ1) is 15.4. The molecule has 0 aliphatic heterocycles. The van der Waals surface area contributed by atoms with Crippen LogP contribution in [0.25, 0.3) is 0 Å². The lowest BCUT2D eigenvalue weighted by Gasteiger charge is -2.11. The summed E-state index contributed by atoms with van der Waals surface area (Å²) >= 11 is 5.80. The average molecular weight is 291 g/mol. The molecule has 1 aromatic carbocycles. The Labute approximate surface area is 114 Å². The first-order valence-electron chi connectivity index (χ1n) is 5.82. The molecule has 0 heterocycles. The van der Waals surface area contributed by atoms with Crippen LogP contribution in [-0.4, -0.2) is 27.5 Å². The summed E-state index contributed by atoms with van der Waals surface area (Å²) in [4.78, 5) is 0.274. The predicted molar refractivity (Wildman–Crippen MR) is 74.5 cm³/mol. The third-order valence-electron chi connectivity index (χ3n) is 2.40. The maximum Gasteiger partial charge on any atom is 0.240 e. The van der Waals surface area contributed by atoms with Crippen LogP contribution in [0.5, 0.6) is 0 Å². The standard InChI is InChI=1S/C12H19ClN2O2S/c1-9(2)14-6-7-15-18(16,17)12-5-4-11(13)8-10(12)3/h4-5,8-9,14-15H,6-7H2,1-3H3. The summed E-state index contributed by atoms with van der Waals surface area (Å²) in [6.45, 7) is 6.72. The van der Waals surface area contributed by atoms with Gasteiger partial charge in [-0.15, -0.1) is 0 Å². The Morgan fingerprint density at radius 2 is 1.94 bits per heavy atom. The summed E-state index contributed by atoms with van der Waals surface area (Å²) in [5.41, 5.74) is 0.645. The molecule has 0 atom stereocenters. The van der Waals surface area contributed by atoms with E-state index in [9.17, 15) is 8.42 Å². The summed E-state index contributed by atoms with van der Waals surface area (Å²) < 4.78 is 26.6. The molecule has 6 heteroatoms. The van der Waals surface area contributed by atoms with Gasteiger partial charge in [-0.3, -0.25) is 0 Å². The number of hydrogen-bond acceptors (Lipinski definition) is 3. The minimum Gasteiger partial charge on any atom is -0.313 e. The van der Waals surface area contributed by atoms with E-state index in [2.05, 4.69) is 10.0 Å². The molecule has 0 amide bonds.